The molecule has 0 radical (unpaired) electrons. The van der Waals surface area contributed by atoms with Gasteiger partial charge in [-0.15, -0.1) is 0 Å². The molecule has 0 unspecified atom stereocenters. The van der Waals surface area contributed by atoms with Crippen LogP contribution < -0.4 is 15.4 Å². The van der Waals surface area contributed by atoms with Crippen LogP contribution in [0.5, 0.6) is 11.5 Å². The summed E-state index contributed by atoms with van der Waals surface area (Å²) in [6, 6.07) is 9.55. The van der Waals surface area contributed by atoms with Gasteiger partial charge in [0.15, 0.2) is 11.5 Å². The molecular weight excluding hydrogens is 442 g/mol. The van der Waals surface area contributed by atoms with Crippen molar-refractivity contribution in [3.05, 3.63) is 57.7 Å². The molecule has 1 aliphatic heterocycles. The number of nitrogens with one attached hydrogen (secondary N) is 2. The zero-order valence-electron chi connectivity index (χ0n) is 15.7. The minimum Gasteiger partial charge on any atom is -0.503 e. The molecule has 29 heavy (non-hydrogen) atoms. The van der Waals surface area contributed by atoms with Gasteiger partial charge in [0.1, 0.15) is 12.2 Å². The predicted molar refractivity (Wildman–Crippen MR) is 110 cm³/mol. The number of urea groups is 1. The standard InChI is InChI=1S/C20H18BrN3O5/c1-11-3-5-13(6-4-11)22-17(25)10-24-19(27)15(23-20(24)28)8-12-7-14(21)18(26)16(9-12)29-2/h3-9,26H,10H2,1-2H3,(H,22,25)(H,23,28)/b15-8+. The molecule has 3 rings (SSSR count). The van der Waals surface area contributed by atoms with Crippen molar-refractivity contribution in [2.75, 3.05) is 19.0 Å². The van der Waals surface area contributed by atoms with Crippen LogP contribution in [0.2, 0.25) is 0 Å². The number of phenolic OH excluding ortho intramolecular Hbond substituents is 1. The van der Waals surface area contributed by atoms with Crippen molar-refractivity contribution in [2.24, 2.45) is 0 Å². The number of carbonyl (C=O) groups is 3. The average molecular weight is 460 g/mol. The molecule has 2 aromatic carbocycles. The molecule has 0 aromatic heterocycles. The molecule has 150 valence electrons. The molecule has 4 amide bonds. The molecule has 1 aliphatic rings. The van der Waals surface area contributed by atoms with E-state index in [0.717, 1.165) is 10.5 Å². The molecule has 3 N–H and O–H groups in total. The normalized spacial score (nSPS) is 14.9. The van der Waals surface area contributed by atoms with Gasteiger partial charge < -0.3 is 20.5 Å². The number of halogens is 1. The first-order valence-corrected chi connectivity index (χ1v) is 9.35. The van der Waals surface area contributed by atoms with Crippen molar-refractivity contribution in [1.82, 2.24) is 10.2 Å². The Morgan fingerprint density at radius 1 is 1.28 bits per heavy atom. The second kappa shape index (κ2) is 8.36. The van der Waals surface area contributed by atoms with Crippen LogP contribution in [0.1, 0.15) is 11.1 Å². The number of imide groups is 1. The summed E-state index contributed by atoms with van der Waals surface area (Å²) in [7, 11) is 1.40. The number of aryl methyl sites for hydroxylation is 1. The highest BCUT2D eigenvalue weighted by atomic mass is 79.9. The highest BCUT2D eigenvalue weighted by Gasteiger charge is 2.35. The van der Waals surface area contributed by atoms with Gasteiger partial charge in [-0.05, 0) is 58.8 Å². The van der Waals surface area contributed by atoms with E-state index in [-0.39, 0.29) is 17.2 Å². The lowest BCUT2D eigenvalue weighted by Crippen LogP contribution is -2.38. The topological polar surface area (TPSA) is 108 Å². The van der Waals surface area contributed by atoms with Crippen LogP contribution in [0, 0.1) is 6.92 Å². The third-order valence-corrected chi connectivity index (χ3v) is 4.79. The van der Waals surface area contributed by atoms with Gasteiger partial charge in [-0.3, -0.25) is 9.59 Å². The number of hydrogen-bond donors (Lipinski definition) is 3. The fraction of sp³-hybridized carbons (Fsp3) is 0.150. The van der Waals surface area contributed by atoms with E-state index < -0.39 is 24.4 Å². The molecule has 0 saturated carbocycles. The number of ether oxygens (including phenoxy) is 1. The number of anilines is 1. The Labute approximate surface area is 175 Å². The van der Waals surface area contributed by atoms with E-state index in [2.05, 4.69) is 26.6 Å². The number of aromatic hydroxyl groups is 1. The summed E-state index contributed by atoms with van der Waals surface area (Å²) in [5.41, 5.74) is 2.15. The largest absolute Gasteiger partial charge is 0.503 e. The number of hydrogen-bond acceptors (Lipinski definition) is 5. The number of benzene rings is 2. The Morgan fingerprint density at radius 2 is 1.97 bits per heavy atom. The minimum atomic E-state index is -0.690. The van der Waals surface area contributed by atoms with Crippen molar-refractivity contribution < 1.29 is 24.2 Å². The first-order chi connectivity index (χ1) is 13.8. The van der Waals surface area contributed by atoms with E-state index in [9.17, 15) is 19.5 Å². The predicted octanol–water partition coefficient (Wildman–Crippen LogP) is 3.00. The quantitative estimate of drug-likeness (QED) is 0.470. The van der Waals surface area contributed by atoms with Crippen LogP contribution in [0.3, 0.4) is 0 Å². The number of nitrogens with zero attached hydrogens (tertiary/aromatic N) is 1. The van der Waals surface area contributed by atoms with Crippen molar-refractivity contribution in [2.45, 2.75) is 6.92 Å². The smallest absolute Gasteiger partial charge is 0.329 e. The Morgan fingerprint density at radius 3 is 2.62 bits per heavy atom. The first-order valence-electron chi connectivity index (χ1n) is 8.56. The maximum Gasteiger partial charge on any atom is 0.329 e. The summed E-state index contributed by atoms with van der Waals surface area (Å²) in [6.45, 7) is 1.51. The Balaban J connectivity index is 1.74. The molecule has 2 aromatic rings. The number of phenols is 1. The summed E-state index contributed by atoms with van der Waals surface area (Å²) >= 11 is 3.20. The van der Waals surface area contributed by atoms with E-state index in [0.29, 0.717) is 15.7 Å². The average Bonchev–Trinajstić information content (AvgIpc) is 2.93. The molecule has 8 nitrogen and oxygen atoms in total. The highest BCUT2D eigenvalue weighted by Crippen LogP contribution is 2.35. The molecule has 0 atom stereocenters. The summed E-state index contributed by atoms with van der Waals surface area (Å²) in [5, 5.41) is 15.0. The lowest BCUT2D eigenvalue weighted by molar-refractivity contribution is -0.127. The number of carbonyl (C=O) groups excluding carboxylic acids is 3. The van der Waals surface area contributed by atoms with Crippen molar-refractivity contribution in [3.8, 4) is 11.5 Å². The number of rotatable bonds is 5. The van der Waals surface area contributed by atoms with Crippen LogP contribution in [0.15, 0.2) is 46.6 Å². The monoisotopic (exact) mass is 459 g/mol. The van der Waals surface area contributed by atoms with Gasteiger partial charge in [0, 0.05) is 5.69 Å². The van der Waals surface area contributed by atoms with Crippen LogP contribution in [-0.2, 0) is 9.59 Å². The molecule has 1 saturated heterocycles. The third-order valence-electron chi connectivity index (χ3n) is 4.18. The van der Waals surface area contributed by atoms with Crippen molar-refractivity contribution >= 4 is 45.5 Å². The van der Waals surface area contributed by atoms with Crippen LogP contribution in [-0.4, -0.2) is 41.5 Å². The summed E-state index contributed by atoms with van der Waals surface area (Å²) < 4.78 is 5.44. The van der Waals surface area contributed by atoms with Gasteiger partial charge in [0.05, 0.1) is 11.6 Å². The van der Waals surface area contributed by atoms with Crippen molar-refractivity contribution in [1.29, 1.82) is 0 Å². The molecule has 0 aliphatic carbocycles. The van der Waals surface area contributed by atoms with Gasteiger partial charge in [-0.25, -0.2) is 9.69 Å². The molecular formula is C20H18BrN3O5. The zero-order chi connectivity index (χ0) is 21.1. The summed E-state index contributed by atoms with van der Waals surface area (Å²) in [6.07, 6.45) is 1.44. The molecule has 0 bridgehead atoms. The lowest BCUT2D eigenvalue weighted by atomic mass is 10.1. The Bertz CT molecular complexity index is 1020. The molecule has 9 heteroatoms. The van der Waals surface area contributed by atoms with E-state index in [1.807, 2.05) is 19.1 Å². The molecule has 1 fully saturated rings. The Hall–Kier alpha value is -3.33. The van der Waals surface area contributed by atoms with E-state index in [4.69, 9.17) is 4.74 Å². The second-order valence-electron chi connectivity index (χ2n) is 6.35. The zero-order valence-corrected chi connectivity index (χ0v) is 17.2. The van der Waals surface area contributed by atoms with Gasteiger partial charge in [0.2, 0.25) is 5.91 Å². The van der Waals surface area contributed by atoms with Crippen LogP contribution >= 0.6 is 15.9 Å². The number of amides is 4. The van der Waals surface area contributed by atoms with Crippen LogP contribution in [0.25, 0.3) is 6.08 Å². The molecule has 0 spiro atoms. The Kier molecular flexibility index (Phi) is 5.88. The first kappa shape index (κ1) is 20.4. The van der Waals surface area contributed by atoms with Gasteiger partial charge in [0.25, 0.3) is 5.91 Å². The van der Waals surface area contributed by atoms with Gasteiger partial charge in [-0.1, -0.05) is 17.7 Å². The highest BCUT2D eigenvalue weighted by molar-refractivity contribution is 9.10. The fourth-order valence-corrected chi connectivity index (χ4v) is 3.16. The third kappa shape index (κ3) is 4.57. The van der Waals surface area contributed by atoms with E-state index in [1.165, 1.54) is 19.3 Å². The maximum atomic E-state index is 12.6. The molecule has 1 heterocycles. The minimum absolute atomic E-state index is 0.0118. The van der Waals surface area contributed by atoms with E-state index >= 15 is 0 Å². The van der Waals surface area contributed by atoms with Gasteiger partial charge >= 0.3 is 6.03 Å². The van der Waals surface area contributed by atoms with E-state index in [1.54, 1.807) is 18.2 Å². The summed E-state index contributed by atoms with van der Waals surface area (Å²) in [4.78, 5) is 37.8. The summed E-state index contributed by atoms with van der Waals surface area (Å²) in [5.74, 6) is -0.993. The lowest BCUT2D eigenvalue weighted by Gasteiger charge is -2.12. The van der Waals surface area contributed by atoms with Crippen molar-refractivity contribution in [3.63, 3.8) is 0 Å². The van der Waals surface area contributed by atoms with Crippen LogP contribution in [0.4, 0.5) is 10.5 Å². The maximum absolute atomic E-state index is 12.6. The second-order valence-corrected chi connectivity index (χ2v) is 7.20. The fourth-order valence-electron chi connectivity index (χ4n) is 2.70. The number of methoxy groups -OCH3 is 1. The van der Waals surface area contributed by atoms with Gasteiger partial charge in [-0.2, -0.15) is 0 Å². The SMILES string of the molecule is COc1cc(/C=C2/NC(=O)N(CC(=O)Nc3ccc(C)cc3)C2=O)cc(Br)c1O.